The summed E-state index contributed by atoms with van der Waals surface area (Å²) in [4.78, 5) is 33.0. The molecule has 1 aromatic carbocycles. The molecule has 16 unspecified atom stereocenters. The minimum Gasteiger partial charge on any atom is -0.459 e. The number of fused-ring (bicyclic) bond motifs is 8. The molecular weight excluding hydrogens is 1880 g/mol. The predicted molar refractivity (Wildman–Crippen MR) is 587 cm³/mol. The number of ether oxygens (including phenoxy) is 7. The number of esters is 1. The van der Waals surface area contributed by atoms with Gasteiger partial charge in [-0.15, -0.1) is 0 Å². The lowest BCUT2D eigenvalue weighted by atomic mass is 9.33. The molecule has 798 valence electrons. The number of carbonyl (C=O) groups excluding carboxylic acids is 2. The normalized spacial score (nSPS) is 34.9. The van der Waals surface area contributed by atoms with Crippen molar-refractivity contribution in [3.63, 3.8) is 0 Å². The number of benzene rings is 1. The number of aldehydes is 1. The maximum Gasteiger partial charge on any atom is 0.338 e. The van der Waals surface area contributed by atoms with Crippen molar-refractivity contribution in [2.24, 2.45) is 56.2 Å². The van der Waals surface area contributed by atoms with E-state index < -0.39 is 178 Å². The second kappa shape index (κ2) is 49.2. The summed E-state index contributed by atoms with van der Waals surface area (Å²) < 4.78 is 131. The molecule has 0 radical (unpaired) electrons. The molecule has 19 nitrogen and oxygen atoms in total. The third-order valence-corrected chi connectivity index (χ3v) is 84.2. The molecule has 3 aliphatic heterocycles. The highest BCUT2D eigenvalue weighted by atomic mass is 28.4. The molecule has 10 rings (SSSR count). The van der Waals surface area contributed by atoms with E-state index >= 15 is 9.59 Å². The molecule has 3 saturated heterocycles. The van der Waals surface area contributed by atoms with Crippen molar-refractivity contribution in [3.8, 4) is 0 Å². The largest absolute Gasteiger partial charge is 0.459 e. The standard InChI is InChI=1S/C110H208O19Si9/c1-34-130(35-2,36-3)116-78-84-91(123-132(40-7,41-8)42-9)94(125-134(46-13,47-14)48-15)99(128-137(55-22,56-23)57-24)103(117-84)121-97-93(119-101-98(127-136(52-19,53-20)54-21)92(124-133(43-10,44-11)45-12)85(77-115-101)122-131(37-4,38-5)39-6)95(126-135(49-16,50-17)51-18)96(100(113)114-76-82-64-62-61-63-65-82)120-102(97)118-90-70-72-105(30)86(106(90,31)81-112)69-73-107(32)87(105)66-67-88-108(107,33)79-110(129-138(58-25,59-26)60-27)80-109(88)74-89(110)104(28,29)71-68-83(109)75-111/h61-65,67,81,83-87,89-99,101-103,111H,34-60,66,68-80H2,1-33H3/t83?,84?,85-,86?,87?,89+,90+,91+,92?,93?,94?,95+,96?,97?,98?,99?,101+,102-,103+,105?,106?,107?,108?,109?,110+/m1/s1. The van der Waals surface area contributed by atoms with Crippen LogP contribution in [0.3, 0.4) is 0 Å². The Morgan fingerprint density at radius 2 is 0.862 bits per heavy atom. The van der Waals surface area contributed by atoms with Gasteiger partial charge in [0, 0.05) is 6.61 Å². The fourth-order valence-corrected chi connectivity index (χ4v) is 55.8. The maximum atomic E-state index is 16.9. The van der Waals surface area contributed by atoms with Crippen LogP contribution in [-0.4, -0.2) is 210 Å². The smallest absolute Gasteiger partial charge is 0.338 e. The Kier molecular flexibility index (Phi) is 42.6. The van der Waals surface area contributed by atoms with Crippen LogP contribution in [0.15, 0.2) is 42.0 Å². The van der Waals surface area contributed by atoms with Gasteiger partial charge in [0.1, 0.15) is 67.8 Å². The minimum atomic E-state index is -2.98. The molecule has 3 bridgehead atoms. The van der Waals surface area contributed by atoms with Gasteiger partial charge in [-0.1, -0.05) is 270 Å². The number of aliphatic hydroxyl groups excluding tert-OH is 1. The molecule has 0 aromatic heterocycles. The van der Waals surface area contributed by atoms with Crippen molar-refractivity contribution in [1.29, 1.82) is 0 Å². The van der Waals surface area contributed by atoms with Crippen molar-refractivity contribution in [2.75, 3.05) is 19.8 Å². The van der Waals surface area contributed by atoms with Gasteiger partial charge in [-0.2, -0.15) is 0 Å². The Morgan fingerprint density at radius 1 is 0.428 bits per heavy atom. The van der Waals surface area contributed by atoms with Crippen molar-refractivity contribution in [3.05, 3.63) is 47.5 Å². The lowest BCUT2D eigenvalue weighted by Gasteiger charge is -2.72. The van der Waals surface area contributed by atoms with E-state index in [-0.39, 0.29) is 76.9 Å². The Morgan fingerprint density at radius 3 is 1.33 bits per heavy atom. The van der Waals surface area contributed by atoms with E-state index in [2.05, 4.69) is 235 Å². The van der Waals surface area contributed by atoms with E-state index in [1.54, 1.807) is 5.57 Å². The molecule has 25 atom stereocenters. The van der Waals surface area contributed by atoms with Crippen LogP contribution in [0, 0.1) is 56.2 Å². The molecular formula is C110H208O19Si9. The summed E-state index contributed by atoms with van der Waals surface area (Å²) in [5, 5.41) is 12.1. The summed E-state index contributed by atoms with van der Waals surface area (Å²) in [5.74, 6) is -0.107. The quantitative estimate of drug-likeness (QED) is 0.0212. The summed E-state index contributed by atoms with van der Waals surface area (Å²) in [6.45, 7) is 78.3. The highest BCUT2D eigenvalue weighted by Crippen LogP contribution is 2.82. The van der Waals surface area contributed by atoms with E-state index in [4.69, 9.17) is 73.0 Å². The van der Waals surface area contributed by atoms with Crippen LogP contribution in [0.1, 0.15) is 298 Å². The first-order valence-electron chi connectivity index (χ1n) is 57.6. The van der Waals surface area contributed by atoms with Crippen LogP contribution in [-0.2, 0) is 89.2 Å². The van der Waals surface area contributed by atoms with E-state index in [0.29, 0.717) is 12.3 Å². The average molecular weight is 2090 g/mol. The molecule has 138 heavy (non-hydrogen) atoms. The van der Waals surface area contributed by atoms with Gasteiger partial charge >= 0.3 is 5.97 Å². The van der Waals surface area contributed by atoms with Crippen LogP contribution >= 0.6 is 0 Å². The lowest BCUT2D eigenvalue weighted by molar-refractivity contribution is -0.387. The first-order valence-corrected chi connectivity index (χ1v) is 80.4. The van der Waals surface area contributed by atoms with Gasteiger partial charge < -0.3 is 82.9 Å². The van der Waals surface area contributed by atoms with Crippen molar-refractivity contribution in [2.45, 2.75) is 560 Å². The first kappa shape index (κ1) is 119. The van der Waals surface area contributed by atoms with Crippen LogP contribution < -0.4 is 0 Å². The molecule has 1 spiro atoms. The zero-order valence-electron chi connectivity index (χ0n) is 94.3. The van der Waals surface area contributed by atoms with E-state index in [1.165, 1.54) is 6.29 Å². The predicted octanol–water partition coefficient (Wildman–Crippen LogP) is 28.8. The summed E-state index contributed by atoms with van der Waals surface area (Å²) in [7, 11) is -23.5. The van der Waals surface area contributed by atoms with Crippen LogP contribution in [0.5, 0.6) is 0 Å². The van der Waals surface area contributed by atoms with E-state index in [0.717, 1.165) is 227 Å². The Bertz CT molecular complexity index is 3860. The van der Waals surface area contributed by atoms with Crippen LogP contribution in [0.2, 0.25) is 163 Å². The van der Waals surface area contributed by atoms with Gasteiger partial charge in [-0.25, -0.2) is 4.79 Å². The highest BCUT2D eigenvalue weighted by molar-refractivity contribution is 6.77. The number of hydrogen-bond donors (Lipinski definition) is 1. The summed E-state index contributed by atoms with van der Waals surface area (Å²) in [6.07, 6.45) is -1.96. The number of allylic oxidation sites excluding steroid dienone is 2. The molecule has 8 fully saturated rings. The Hall–Kier alpha value is -0.588. The topological polar surface area (TPSA) is 202 Å². The molecule has 3 heterocycles. The first-order chi connectivity index (χ1) is 65.6. The highest BCUT2D eigenvalue weighted by Gasteiger charge is 2.78. The SMILES string of the molecule is CC[Si](CC)(CC)OCC1O[C@@H](OC2C(O[C@@H]3OC[C@@H](O[Si](CC)(CC)CC)C(O[Si](CC)(CC)CC)C3O[Si](CC)(CC)CC)[C@H](O[Si](CC)(CC)CC)C(C(=O)OCc3ccccc3)O[C@H]2O[C@H]2CCC3(C)C(CCC4(C)C3CC=C3C56C[C@@H](C(C)(C)CCC5CO)[C@@](O[Si](CC)(CC)CC)(C6)CC34C)C2(C)C=O)C(O[Si](CC)(CC)CC)C(O[Si](CC)(CC)CC)[C@H]1O[Si](CC)(CC)CC. The molecule has 1 aromatic rings. The van der Waals surface area contributed by atoms with Crippen molar-refractivity contribution in [1.82, 2.24) is 0 Å². The van der Waals surface area contributed by atoms with Gasteiger partial charge in [0.05, 0.1) is 36.4 Å². The zero-order chi connectivity index (χ0) is 102. The van der Waals surface area contributed by atoms with Gasteiger partial charge in [0.15, 0.2) is 99.8 Å². The monoisotopic (exact) mass is 2090 g/mol. The van der Waals surface area contributed by atoms with Gasteiger partial charge in [0.25, 0.3) is 0 Å². The second-order valence-electron chi connectivity index (χ2n) is 46.9. The average Bonchev–Trinajstić information content (AvgIpc) is 1.38. The third-order valence-electron chi connectivity index (χ3n) is 42.4. The van der Waals surface area contributed by atoms with Gasteiger partial charge in [-0.05, 0) is 284 Å². The van der Waals surface area contributed by atoms with Crippen molar-refractivity contribution >= 4 is 87.1 Å². The van der Waals surface area contributed by atoms with Crippen LogP contribution in [0.25, 0.3) is 0 Å². The second-order valence-corrected chi connectivity index (χ2v) is 89.4. The Labute approximate surface area is 852 Å². The molecule has 5 saturated carbocycles. The number of rotatable bonds is 57. The number of hydrogen-bond acceptors (Lipinski definition) is 19. The fraction of sp³-hybridized carbons (Fsp3) is 0.909. The molecule has 6 aliphatic carbocycles. The third kappa shape index (κ3) is 22.8. The van der Waals surface area contributed by atoms with E-state index in [1.807, 2.05) is 30.3 Å². The zero-order valence-corrected chi connectivity index (χ0v) is 103. The maximum absolute atomic E-state index is 16.9. The molecule has 28 heteroatoms. The molecule has 1 N–H and O–H groups in total. The van der Waals surface area contributed by atoms with Crippen LogP contribution in [0.4, 0.5) is 0 Å². The lowest BCUT2D eigenvalue weighted by Crippen LogP contribution is -2.72. The number of aliphatic hydroxyl groups is 1. The Balaban J connectivity index is 1.28. The summed E-state index contributed by atoms with van der Waals surface area (Å²) >= 11 is 0. The summed E-state index contributed by atoms with van der Waals surface area (Å²) in [6, 6.07) is 34.0. The van der Waals surface area contributed by atoms with Gasteiger partial charge in [-0.3, -0.25) is 0 Å². The van der Waals surface area contributed by atoms with Crippen molar-refractivity contribution < 1.29 is 87.7 Å². The summed E-state index contributed by atoms with van der Waals surface area (Å²) in [5.41, 5.74) is -0.0532. The molecule has 9 aliphatic rings. The minimum absolute atomic E-state index is 0.0196. The van der Waals surface area contributed by atoms with E-state index in [9.17, 15) is 5.11 Å². The van der Waals surface area contributed by atoms with Gasteiger partial charge in [0.2, 0.25) is 0 Å². The fourth-order valence-electron chi connectivity index (χ4n) is 30.2. The molecule has 0 amide bonds. The number of carbonyl (C=O) groups is 2.